The summed E-state index contributed by atoms with van der Waals surface area (Å²) in [5.41, 5.74) is 2.07. The lowest BCUT2D eigenvalue weighted by molar-refractivity contribution is 0.101. The predicted molar refractivity (Wildman–Crippen MR) is 132 cm³/mol. The van der Waals surface area contributed by atoms with Crippen molar-refractivity contribution >= 4 is 10.0 Å². The van der Waals surface area contributed by atoms with E-state index in [1.54, 1.807) is 16.4 Å². The van der Waals surface area contributed by atoms with Crippen LogP contribution in [0.15, 0.2) is 53.4 Å². The number of ether oxygens (including phenoxy) is 1. The van der Waals surface area contributed by atoms with E-state index in [1.165, 1.54) is 12.8 Å². The maximum atomic E-state index is 13.7. The molecule has 0 amide bonds. The first-order valence-electron chi connectivity index (χ1n) is 11.9. The molecule has 2 heterocycles. The summed E-state index contributed by atoms with van der Waals surface area (Å²) in [6.45, 7) is 5.69. The molecule has 0 bridgehead atoms. The van der Waals surface area contributed by atoms with Gasteiger partial charge in [0.05, 0.1) is 0 Å². The first kappa shape index (κ1) is 23.8. The third kappa shape index (κ3) is 5.78. The van der Waals surface area contributed by atoms with E-state index in [9.17, 15) is 8.42 Å². The van der Waals surface area contributed by atoms with Crippen LogP contribution in [0.3, 0.4) is 0 Å². The summed E-state index contributed by atoms with van der Waals surface area (Å²) in [4.78, 5) is 2.78. The number of hydrogen-bond donors (Lipinski definition) is 0. The van der Waals surface area contributed by atoms with Crippen molar-refractivity contribution < 1.29 is 13.2 Å². The number of hydrogen-bond acceptors (Lipinski definition) is 4. The summed E-state index contributed by atoms with van der Waals surface area (Å²) in [5.74, 6) is 3.57. The zero-order valence-corrected chi connectivity index (χ0v) is 20.3. The molecule has 2 fully saturated rings. The van der Waals surface area contributed by atoms with Gasteiger partial charge in [-0.25, -0.2) is 8.42 Å². The van der Waals surface area contributed by atoms with Crippen molar-refractivity contribution in [2.75, 3.05) is 32.8 Å². The van der Waals surface area contributed by atoms with Gasteiger partial charge in [0.2, 0.25) is 10.0 Å². The van der Waals surface area contributed by atoms with Gasteiger partial charge < -0.3 is 9.64 Å². The van der Waals surface area contributed by atoms with Crippen LogP contribution in [0.5, 0.6) is 5.75 Å². The van der Waals surface area contributed by atoms with Crippen LogP contribution in [-0.4, -0.2) is 56.5 Å². The van der Waals surface area contributed by atoms with Gasteiger partial charge >= 0.3 is 0 Å². The number of nitrogens with zero attached hydrogens (tertiary/aromatic N) is 2. The molecule has 0 atom stereocenters. The van der Waals surface area contributed by atoms with Crippen LogP contribution in [0.4, 0.5) is 0 Å². The van der Waals surface area contributed by atoms with Crippen LogP contribution in [0.25, 0.3) is 0 Å². The van der Waals surface area contributed by atoms with Crippen molar-refractivity contribution in [2.45, 2.75) is 50.0 Å². The Labute approximate surface area is 198 Å². The summed E-state index contributed by atoms with van der Waals surface area (Å²) in [5, 5.41) is 0. The van der Waals surface area contributed by atoms with E-state index in [2.05, 4.69) is 17.7 Å². The van der Waals surface area contributed by atoms with Crippen LogP contribution in [0.2, 0.25) is 0 Å². The van der Waals surface area contributed by atoms with E-state index < -0.39 is 10.0 Å². The van der Waals surface area contributed by atoms with Crippen molar-refractivity contribution in [3.63, 3.8) is 0 Å². The minimum atomic E-state index is -3.68. The normalized spacial score (nSPS) is 19.3. The van der Waals surface area contributed by atoms with Crippen molar-refractivity contribution in [2.24, 2.45) is 5.92 Å². The summed E-state index contributed by atoms with van der Waals surface area (Å²) in [6.07, 6.45) is 10.2. The Morgan fingerprint density at radius 3 is 2.33 bits per heavy atom. The van der Waals surface area contributed by atoms with Gasteiger partial charge in [-0.2, -0.15) is 4.31 Å². The van der Waals surface area contributed by atoms with Gasteiger partial charge in [0.25, 0.3) is 0 Å². The molecule has 0 spiro atoms. The number of terminal acetylenes is 1. The molecule has 0 radical (unpaired) electrons. The van der Waals surface area contributed by atoms with E-state index >= 15 is 0 Å². The van der Waals surface area contributed by atoms with Crippen molar-refractivity contribution in [3.8, 4) is 18.1 Å². The van der Waals surface area contributed by atoms with Gasteiger partial charge in [-0.15, -0.1) is 6.42 Å². The molecule has 5 nitrogen and oxygen atoms in total. The van der Waals surface area contributed by atoms with Gasteiger partial charge in [0.15, 0.2) is 0 Å². The molecule has 0 N–H and O–H groups in total. The summed E-state index contributed by atoms with van der Waals surface area (Å²) >= 11 is 0. The summed E-state index contributed by atoms with van der Waals surface area (Å²) < 4.78 is 34.6. The zero-order valence-electron chi connectivity index (χ0n) is 19.4. The third-order valence-corrected chi connectivity index (χ3v) is 8.87. The van der Waals surface area contributed by atoms with Crippen LogP contribution < -0.4 is 4.74 Å². The zero-order chi connectivity index (χ0) is 23.3. The molecule has 0 unspecified atom stereocenters. The van der Waals surface area contributed by atoms with E-state index in [0.29, 0.717) is 31.3 Å². The quantitative estimate of drug-likeness (QED) is 0.575. The highest BCUT2D eigenvalue weighted by Crippen LogP contribution is 2.32. The Morgan fingerprint density at radius 1 is 0.970 bits per heavy atom. The average molecular weight is 467 g/mol. The van der Waals surface area contributed by atoms with Crippen molar-refractivity contribution in [1.82, 2.24) is 9.21 Å². The second kappa shape index (κ2) is 10.7. The molecule has 176 valence electrons. The molecule has 0 aliphatic carbocycles. The van der Waals surface area contributed by atoms with Crippen LogP contribution in [-0.2, 0) is 16.4 Å². The average Bonchev–Trinajstić information content (AvgIpc) is 2.84. The number of sulfonamides is 1. The monoisotopic (exact) mass is 466 g/mol. The lowest BCUT2D eigenvalue weighted by atomic mass is 9.95. The molecule has 6 heteroatoms. The molecule has 0 aromatic heterocycles. The summed E-state index contributed by atoms with van der Waals surface area (Å²) in [7, 11) is -3.68. The predicted octanol–water partition coefficient (Wildman–Crippen LogP) is 4.17. The van der Waals surface area contributed by atoms with E-state index in [4.69, 9.17) is 11.2 Å². The lowest BCUT2D eigenvalue weighted by Crippen LogP contribution is -2.48. The Balaban J connectivity index is 1.51. The van der Waals surface area contributed by atoms with E-state index in [1.807, 2.05) is 36.4 Å². The Morgan fingerprint density at radius 2 is 1.67 bits per heavy atom. The second-order valence-corrected chi connectivity index (χ2v) is 11.2. The molecule has 2 aliphatic rings. The molecular weight excluding hydrogens is 432 g/mol. The first-order valence-corrected chi connectivity index (χ1v) is 13.4. The summed E-state index contributed by atoms with van der Waals surface area (Å²) in [6, 6.07) is 15.9. The Hall–Kier alpha value is -2.33. The number of likely N-dealkylation sites (tertiary alicyclic amines) is 1. The van der Waals surface area contributed by atoms with Crippen LogP contribution >= 0.6 is 0 Å². The van der Waals surface area contributed by atoms with Gasteiger partial charge in [-0.05, 0) is 74.4 Å². The van der Waals surface area contributed by atoms with Gasteiger partial charge in [-0.1, -0.05) is 49.2 Å². The van der Waals surface area contributed by atoms with Gasteiger partial charge in [-0.3, -0.25) is 0 Å². The second-order valence-electron chi connectivity index (χ2n) is 9.29. The smallest absolute Gasteiger partial charge is 0.246 e. The topological polar surface area (TPSA) is 49.9 Å². The van der Waals surface area contributed by atoms with E-state index in [-0.39, 0.29) is 11.5 Å². The highest BCUT2D eigenvalue weighted by Gasteiger charge is 2.34. The molecule has 2 aromatic carbocycles. The molecule has 2 aromatic rings. The number of rotatable bonds is 7. The molecule has 33 heavy (non-hydrogen) atoms. The Kier molecular flexibility index (Phi) is 7.75. The SMILES string of the molecule is C#CCOc1ccc(Cc2ccccc2)cc1S(=O)(=O)N1CCC(N2CCC(C)CC2)CC1. The van der Waals surface area contributed by atoms with E-state index in [0.717, 1.165) is 43.0 Å². The Bertz CT molecular complexity index is 1060. The first-order chi connectivity index (χ1) is 16.0. The standard InChI is InChI=1S/C27H34N2O3S/c1-3-19-32-26-10-9-24(20-23-7-5-4-6-8-23)21-27(26)33(30,31)29-17-13-25(14-18-29)28-15-11-22(2)12-16-28/h1,4-10,21-22,25H,11-20H2,2H3. The largest absolute Gasteiger partial charge is 0.480 e. The lowest BCUT2D eigenvalue weighted by Gasteiger charge is -2.41. The fraction of sp³-hybridized carbons (Fsp3) is 0.481. The van der Waals surface area contributed by atoms with Crippen molar-refractivity contribution in [3.05, 3.63) is 59.7 Å². The van der Waals surface area contributed by atoms with Crippen molar-refractivity contribution in [1.29, 1.82) is 0 Å². The fourth-order valence-corrected chi connectivity index (χ4v) is 6.57. The van der Waals surface area contributed by atoms with Gasteiger partial charge in [0, 0.05) is 19.1 Å². The number of piperidine rings is 2. The maximum Gasteiger partial charge on any atom is 0.246 e. The molecule has 2 saturated heterocycles. The molecule has 2 aliphatic heterocycles. The van der Waals surface area contributed by atoms with Gasteiger partial charge in [0.1, 0.15) is 17.3 Å². The highest BCUT2D eigenvalue weighted by atomic mass is 32.2. The highest BCUT2D eigenvalue weighted by molar-refractivity contribution is 7.89. The molecule has 4 rings (SSSR count). The van der Waals surface area contributed by atoms with Crippen LogP contribution in [0.1, 0.15) is 43.7 Å². The third-order valence-electron chi connectivity index (χ3n) is 6.95. The fourth-order valence-electron chi connectivity index (χ4n) is 4.91. The minimum Gasteiger partial charge on any atom is -0.480 e. The molecule has 0 saturated carbocycles. The number of benzene rings is 2. The minimum absolute atomic E-state index is 0.0377. The van der Waals surface area contributed by atoms with Crippen LogP contribution in [0, 0.1) is 18.3 Å². The molecular formula is C27H34N2O3S. The maximum absolute atomic E-state index is 13.7.